The first-order chi connectivity index (χ1) is 21.0. The van der Waals surface area contributed by atoms with E-state index in [1.165, 1.54) is 37.4 Å². The lowest BCUT2D eigenvalue weighted by Gasteiger charge is -2.15. The maximum atomic E-state index is 13.7. The molecule has 0 atom stereocenters. The van der Waals surface area contributed by atoms with Crippen LogP contribution in [-0.2, 0) is 20.2 Å². The van der Waals surface area contributed by atoms with Gasteiger partial charge in [0, 0.05) is 33.8 Å². The molecule has 0 amide bonds. The molecule has 0 unspecified atom stereocenters. The minimum atomic E-state index is -4.40. The minimum absolute atomic E-state index is 0.0803. The molecule has 0 fully saturated rings. The summed E-state index contributed by atoms with van der Waals surface area (Å²) in [5.41, 5.74) is 2.98. The SMILES string of the molecule is COc1ccc(-c2ccc(S(=O)(=O)Oc3cccc4ccc(C)nc34)cc2)c(S(=O)(=O)Oc2cccc3ccc(C)nc23)c1. The lowest BCUT2D eigenvalue weighted by molar-refractivity contribution is 0.413. The number of aryl methyl sites for hydroxylation is 2. The number of hydrogen-bond acceptors (Lipinski definition) is 9. The Bertz CT molecular complexity index is 2270. The Morgan fingerprint density at radius 3 is 1.68 bits per heavy atom. The number of para-hydroxylation sites is 2. The summed E-state index contributed by atoms with van der Waals surface area (Å²) in [6.45, 7) is 3.61. The maximum Gasteiger partial charge on any atom is 0.340 e. The molecule has 0 aliphatic carbocycles. The average molecular weight is 627 g/mol. The summed E-state index contributed by atoms with van der Waals surface area (Å²) in [6.07, 6.45) is 0. The number of methoxy groups -OCH3 is 1. The van der Waals surface area contributed by atoms with Gasteiger partial charge in [-0.3, -0.25) is 0 Å². The molecule has 6 aromatic rings. The Morgan fingerprint density at radius 1 is 0.591 bits per heavy atom. The first-order valence-corrected chi connectivity index (χ1v) is 16.3. The van der Waals surface area contributed by atoms with Crippen LogP contribution in [0.2, 0.25) is 0 Å². The van der Waals surface area contributed by atoms with Gasteiger partial charge in [-0.25, -0.2) is 9.97 Å². The first-order valence-electron chi connectivity index (χ1n) is 13.4. The van der Waals surface area contributed by atoms with Crippen molar-refractivity contribution in [1.29, 1.82) is 0 Å². The molecule has 0 saturated carbocycles. The smallest absolute Gasteiger partial charge is 0.340 e. The average Bonchev–Trinajstić information content (AvgIpc) is 3.01. The van der Waals surface area contributed by atoms with E-state index in [4.69, 9.17) is 13.1 Å². The van der Waals surface area contributed by atoms with Crippen LogP contribution in [0.5, 0.6) is 17.2 Å². The van der Waals surface area contributed by atoms with Crippen molar-refractivity contribution in [2.24, 2.45) is 0 Å². The summed E-state index contributed by atoms with van der Waals surface area (Å²) in [7, 11) is -7.22. The van der Waals surface area contributed by atoms with Gasteiger partial charge >= 0.3 is 20.2 Å². The largest absolute Gasteiger partial charge is 0.497 e. The van der Waals surface area contributed by atoms with Crippen molar-refractivity contribution in [1.82, 2.24) is 9.97 Å². The molecule has 0 radical (unpaired) electrons. The molecule has 0 aliphatic heterocycles. The van der Waals surface area contributed by atoms with Crippen LogP contribution >= 0.6 is 0 Å². The van der Waals surface area contributed by atoms with Crippen LogP contribution in [0.1, 0.15) is 11.4 Å². The second-order valence-electron chi connectivity index (χ2n) is 10.0. The quantitative estimate of drug-likeness (QED) is 0.172. The molecule has 0 bridgehead atoms. The highest BCUT2D eigenvalue weighted by Crippen LogP contribution is 2.35. The highest BCUT2D eigenvalue weighted by Gasteiger charge is 2.25. The minimum Gasteiger partial charge on any atom is -0.497 e. The van der Waals surface area contributed by atoms with Gasteiger partial charge in [0.15, 0.2) is 11.5 Å². The van der Waals surface area contributed by atoms with E-state index >= 15 is 0 Å². The van der Waals surface area contributed by atoms with E-state index in [1.807, 2.05) is 43.3 Å². The van der Waals surface area contributed by atoms with Gasteiger partial charge in [-0.1, -0.05) is 48.5 Å². The zero-order valence-corrected chi connectivity index (χ0v) is 25.5. The number of nitrogens with zero attached hydrogens (tertiary/aromatic N) is 2. The number of hydrogen-bond donors (Lipinski definition) is 0. The van der Waals surface area contributed by atoms with E-state index in [-0.39, 0.29) is 26.9 Å². The Hall–Kier alpha value is -5.00. The Labute approximate surface area is 255 Å². The van der Waals surface area contributed by atoms with Crippen molar-refractivity contribution < 1.29 is 29.9 Å². The van der Waals surface area contributed by atoms with E-state index in [0.29, 0.717) is 28.0 Å². The van der Waals surface area contributed by atoms with Gasteiger partial charge in [-0.15, -0.1) is 0 Å². The molecule has 9 nitrogen and oxygen atoms in total. The number of rotatable bonds is 8. The summed E-state index contributed by atoms with van der Waals surface area (Å²) in [5.74, 6) is 0.486. The van der Waals surface area contributed by atoms with Crippen molar-refractivity contribution in [2.45, 2.75) is 23.6 Å². The van der Waals surface area contributed by atoms with Gasteiger partial charge in [-0.2, -0.15) is 16.8 Å². The van der Waals surface area contributed by atoms with Crippen LogP contribution in [0.4, 0.5) is 0 Å². The fourth-order valence-corrected chi connectivity index (χ4v) is 6.89. The monoisotopic (exact) mass is 626 g/mol. The second kappa shape index (κ2) is 11.3. The zero-order chi connectivity index (χ0) is 31.1. The highest BCUT2D eigenvalue weighted by molar-refractivity contribution is 7.87. The Morgan fingerprint density at radius 2 is 1.14 bits per heavy atom. The number of benzene rings is 4. The van der Waals surface area contributed by atoms with Crippen molar-refractivity contribution in [3.63, 3.8) is 0 Å². The molecule has 0 aliphatic rings. The number of pyridine rings is 2. The predicted octanol–water partition coefficient (Wildman–Crippen LogP) is 6.61. The summed E-state index contributed by atoms with van der Waals surface area (Å²) in [5, 5.41) is 1.46. The highest BCUT2D eigenvalue weighted by atomic mass is 32.2. The van der Waals surface area contributed by atoms with Crippen molar-refractivity contribution in [2.75, 3.05) is 7.11 Å². The Kier molecular flexibility index (Phi) is 7.44. The molecule has 0 N–H and O–H groups in total. The molecule has 2 heterocycles. The van der Waals surface area contributed by atoms with Crippen LogP contribution < -0.4 is 13.1 Å². The second-order valence-corrected chi connectivity index (χ2v) is 13.1. The third kappa shape index (κ3) is 5.67. The molecular weight excluding hydrogens is 601 g/mol. The summed E-state index contributed by atoms with van der Waals surface area (Å²) in [4.78, 5) is 8.62. The van der Waals surface area contributed by atoms with Gasteiger partial charge in [0.25, 0.3) is 0 Å². The van der Waals surface area contributed by atoms with Gasteiger partial charge in [-0.05, 0) is 67.9 Å². The molecule has 0 spiro atoms. The topological polar surface area (TPSA) is 122 Å². The number of aromatic nitrogens is 2. The predicted molar refractivity (Wildman–Crippen MR) is 167 cm³/mol. The summed E-state index contributed by atoms with van der Waals surface area (Å²) in [6, 6.07) is 27.7. The van der Waals surface area contributed by atoms with Crippen LogP contribution in [0, 0.1) is 13.8 Å². The van der Waals surface area contributed by atoms with E-state index in [2.05, 4.69) is 9.97 Å². The summed E-state index contributed by atoms with van der Waals surface area (Å²) < 4.78 is 70.3. The van der Waals surface area contributed by atoms with E-state index in [9.17, 15) is 16.8 Å². The van der Waals surface area contributed by atoms with Gasteiger partial charge in [0.1, 0.15) is 26.6 Å². The van der Waals surface area contributed by atoms with Crippen LogP contribution in [0.15, 0.2) is 113 Å². The van der Waals surface area contributed by atoms with Crippen LogP contribution in [0.3, 0.4) is 0 Å². The van der Waals surface area contributed by atoms with Crippen molar-refractivity contribution in [3.8, 4) is 28.4 Å². The lowest BCUT2D eigenvalue weighted by atomic mass is 10.1. The lowest BCUT2D eigenvalue weighted by Crippen LogP contribution is -2.12. The van der Waals surface area contributed by atoms with Crippen LogP contribution in [-0.4, -0.2) is 33.9 Å². The van der Waals surface area contributed by atoms with Crippen molar-refractivity contribution in [3.05, 3.63) is 115 Å². The molecule has 4 aromatic carbocycles. The van der Waals surface area contributed by atoms with E-state index in [0.717, 1.165) is 16.5 Å². The standard InChI is InChI=1S/C33H26N2O7S2/c1-21-10-12-24-6-4-8-29(32(24)34-21)41-43(36,37)27-17-14-23(15-18-27)28-19-16-26(40-3)20-31(28)44(38,39)42-30-9-5-7-25-13-11-22(2)35-33(25)30/h4-20H,1-3H3. The normalized spacial score (nSPS) is 11.9. The third-order valence-corrected chi connectivity index (χ3v) is 9.48. The Balaban J connectivity index is 1.35. The molecule has 0 saturated heterocycles. The fraction of sp³-hybridized carbons (Fsp3) is 0.0909. The van der Waals surface area contributed by atoms with Gasteiger partial charge in [0.05, 0.1) is 7.11 Å². The zero-order valence-electron chi connectivity index (χ0n) is 23.9. The molecule has 6 rings (SSSR count). The van der Waals surface area contributed by atoms with E-state index < -0.39 is 20.2 Å². The van der Waals surface area contributed by atoms with Gasteiger partial charge < -0.3 is 13.1 Å². The molecule has 2 aromatic heterocycles. The number of fused-ring (bicyclic) bond motifs is 2. The molecule has 222 valence electrons. The molecular formula is C33H26N2O7S2. The van der Waals surface area contributed by atoms with E-state index in [1.54, 1.807) is 43.3 Å². The fourth-order valence-electron chi connectivity index (χ4n) is 4.77. The van der Waals surface area contributed by atoms with Crippen molar-refractivity contribution >= 4 is 42.0 Å². The van der Waals surface area contributed by atoms with Gasteiger partial charge in [0.2, 0.25) is 0 Å². The molecule has 11 heteroatoms. The first kappa shape index (κ1) is 29.1. The third-order valence-electron chi connectivity index (χ3n) is 6.96. The summed E-state index contributed by atoms with van der Waals surface area (Å²) >= 11 is 0. The maximum absolute atomic E-state index is 13.7. The van der Waals surface area contributed by atoms with Crippen LogP contribution in [0.25, 0.3) is 32.9 Å². The molecule has 44 heavy (non-hydrogen) atoms. The number of ether oxygens (including phenoxy) is 1.